The summed E-state index contributed by atoms with van der Waals surface area (Å²) in [6, 6.07) is 0. The van der Waals surface area contributed by atoms with Crippen molar-refractivity contribution in [3.8, 4) is 0 Å². The highest BCUT2D eigenvalue weighted by Gasteiger charge is 2.48. The fourth-order valence-corrected chi connectivity index (χ4v) is 2.53. The molecule has 1 aliphatic carbocycles. The van der Waals surface area contributed by atoms with Crippen LogP contribution in [0.4, 0.5) is 13.2 Å². The minimum atomic E-state index is -2.81. The first-order valence-electron chi connectivity index (χ1n) is 4.79. The molecule has 76 valence electrons. The summed E-state index contributed by atoms with van der Waals surface area (Å²) in [7, 11) is 0. The van der Waals surface area contributed by atoms with E-state index >= 15 is 0 Å². The average molecular weight is 193 g/mol. The van der Waals surface area contributed by atoms with Gasteiger partial charge in [-0.2, -0.15) is 0 Å². The van der Waals surface area contributed by atoms with Crippen LogP contribution >= 0.6 is 0 Å². The molecule has 0 aromatic heterocycles. The lowest BCUT2D eigenvalue weighted by atomic mass is 9.74. The number of nitrogens with one attached hydrogen (secondary N) is 1. The molecular weight excluding hydrogens is 179 g/mol. The summed E-state index contributed by atoms with van der Waals surface area (Å²) < 4.78 is 38.3. The highest BCUT2D eigenvalue weighted by atomic mass is 19.3. The molecule has 1 N–H and O–H groups in total. The van der Waals surface area contributed by atoms with Gasteiger partial charge in [0.25, 0.3) is 6.43 Å². The van der Waals surface area contributed by atoms with E-state index in [9.17, 15) is 13.2 Å². The van der Waals surface area contributed by atoms with E-state index in [2.05, 4.69) is 5.32 Å². The second-order valence-corrected chi connectivity index (χ2v) is 4.26. The summed E-state index contributed by atoms with van der Waals surface area (Å²) >= 11 is 0. The lowest BCUT2D eigenvalue weighted by molar-refractivity contribution is -0.0750. The van der Waals surface area contributed by atoms with E-state index in [1.165, 1.54) is 0 Å². The van der Waals surface area contributed by atoms with Crippen molar-refractivity contribution >= 4 is 0 Å². The van der Waals surface area contributed by atoms with Gasteiger partial charge in [-0.3, -0.25) is 0 Å². The third kappa shape index (κ3) is 1.56. The Kier molecular flexibility index (Phi) is 2.26. The molecular formula is C9H14F3N. The molecule has 13 heavy (non-hydrogen) atoms. The number of alkyl halides is 3. The summed E-state index contributed by atoms with van der Waals surface area (Å²) in [6.45, 7) is 1.59. The molecule has 2 rings (SSSR count). The molecule has 1 heterocycles. The maximum absolute atomic E-state index is 13.6. The quantitative estimate of drug-likeness (QED) is 0.671. The molecule has 0 spiro atoms. The van der Waals surface area contributed by atoms with Crippen LogP contribution in [-0.2, 0) is 0 Å². The molecule has 0 radical (unpaired) electrons. The van der Waals surface area contributed by atoms with Crippen LogP contribution in [0.2, 0.25) is 0 Å². The van der Waals surface area contributed by atoms with Gasteiger partial charge >= 0.3 is 0 Å². The van der Waals surface area contributed by atoms with Crippen LogP contribution in [0.25, 0.3) is 0 Å². The molecule has 0 amide bonds. The van der Waals surface area contributed by atoms with E-state index in [0.717, 1.165) is 6.54 Å². The number of halogens is 3. The normalized spacial score (nSPS) is 45.2. The Hall–Kier alpha value is -0.250. The zero-order valence-electron chi connectivity index (χ0n) is 7.40. The molecule has 2 fully saturated rings. The predicted molar refractivity (Wildman–Crippen MR) is 43.5 cm³/mol. The number of hydrogen-bond acceptors (Lipinski definition) is 1. The molecule has 1 saturated carbocycles. The van der Waals surface area contributed by atoms with Gasteiger partial charge in [0.15, 0.2) is 5.67 Å². The van der Waals surface area contributed by atoms with Crippen LogP contribution in [0.3, 0.4) is 0 Å². The zero-order chi connectivity index (χ0) is 9.47. The second kappa shape index (κ2) is 3.15. The average Bonchev–Trinajstić information content (AvgIpc) is 2.50. The first kappa shape index (κ1) is 9.31. The van der Waals surface area contributed by atoms with Crippen LogP contribution < -0.4 is 5.32 Å². The van der Waals surface area contributed by atoms with Gasteiger partial charge in [-0.15, -0.1) is 0 Å². The van der Waals surface area contributed by atoms with Gasteiger partial charge in [-0.25, -0.2) is 13.2 Å². The fourth-order valence-electron chi connectivity index (χ4n) is 2.53. The van der Waals surface area contributed by atoms with E-state index in [0.29, 0.717) is 18.9 Å². The summed E-state index contributed by atoms with van der Waals surface area (Å²) in [5.74, 6) is 0.565. The minimum Gasteiger partial charge on any atom is -0.316 e. The maximum Gasteiger partial charge on any atom is 0.272 e. The van der Waals surface area contributed by atoms with Crippen LogP contribution in [0.15, 0.2) is 0 Å². The van der Waals surface area contributed by atoms with Gasteiger partial charge in [0.2, 0.25) is 0 Å². The first-order chi connectivity index (χ1) is 6.12. The number of fused-ring (bicyclic) bond motifs is 1. The third-order valence-electron chi connectivity index (χ3n) is 3.40. The summed E-state index contributed by atoms with van der Waals surface area (Å²) in [4.78, 5) is 0. The Morgan fingerprint density at radius 3 is 2.62 bits per heavy atom. The maximum atomic E-state index is 13.6. The monoisotopic (exact) mass is 193 g/mol. The Bertz CT molecular complexity index is 197. The molecule has 2 aliphatic rings. The molecule has 1 saturated heterocycles. The van der Waals surface area contributed by atoms with E-state index in [-0.39, 0.29) is 18.8 Å². The highest BCUT2D eigenvalue weighted by Crippen LogP contribution is 2.43. The lowest BCUT2D eigenvalue weighted by Gasteiger charge is -2.35. The molecule has 3 atom stereocenters. The van der Waals surface area contributed by atoms with Crippen molar-refractivity contribution in [2.24, 2.45) is 11.8 Å². The van der Waals surface area contributed by atoms with E-state index in [1.54, 1.807) is 0 Å². The summed E-state index contributed by atoms with van der Waals surface area (Å²) in [5, 5.41) is 3.13. The first-order valence-corrected chi connectivity index (χ1v) is 4.79. The van der Waals surface area contributed by atoms with Gasteiger partial charge in [0.1, 0.15) is 0 Å². The van der Waals surface area contributed by atoms with Crippen molar-refractivity contribution < 1.29 is 13.2 Å². The Morgan fingerprint density at radius 2 is 1.92 bits per heavy atom. The SMILES string of the molecule is FC(F)C1(F)CCC2CNCC2C1. The Morgan fingerprint density at radius 1 is 1.23 bits per heavy atom. The van der Waals surface area contributed by atoms with Gasteiger partial charge in [0, 0.05) is 0 Å². The summed E-state index contributed by atoms with van der Waals surface area (Å²) in [6.07, 6.45) is -2.12. The van der Waals surface area contributed by atoms with Crippen molar-refractivity contribution in [1.29, 1.82) is 0 Å². The number of rotatable bonds is 1. The smallest absolute Gasteiger partial charge is 0.272 e. The Balaban J connectivity index is 2.04. The van der Waals surface area contributed by atoms with Gasteiger partial charge in [-0.1, -0.05) is 0 Å². The van der Waals surface area contributed by atoms with Gasteiger partial charge in [-0.05, 0) is 44.2 Å². The number of hydrogen-bond donors (Lipinski definition) is 1. The largest absolute Gasteiger partial charge is 0.316 e. The topological polar surface area (TPSA) is 12.0 Å². The van der Waals surface area contributed by atoms with Crippen molar-refractivity contribution in [3.05, 3.63) is 0 Å². The standard InChI is InChI=1S/C9H14F3N/c10-8(11)9(12)2-1-6-4-13-5-7(6)3-9/h6-8,13H,1-5H2. The van der Waals surface area contributed by atoms with Gasteiger partial charge in [0.05, 0.1) is 0 Å². The molecule has 0 bridgehead atoms. The van der Waals surface area contributed by atoms with E-state index < -0.39 is 12.1 Å². The van der Waals surface area contributed by atoms with Crippen LogP contribution in [0.1, 0.15) is 19.3 Å². The van der Waals surface area contributed by atoms with E-state index in [1.807, 2.05) is 0 Å². The second-order valence-electron chi connectivity index (χ2n) is 4.26. The minimum absolute atomic E-state index is 0.0352. The molecule has 3 unspecified atom stereocenters. The summed E-state index contributed by atoms with van der Waals surface area (Å²) in [5.41, 5.74) is -2.20. The fraction of sp³-hybridized carbons (Fsp3) is 1.00. The highest BCUT2D eigenvalue weighted by molar-refractivity contribution is 4.96. The van der Waals surface area contributed by atoms with Crippen molar-refractivity contribution in [2.75, 3.05) is 13.1 Å². The molecule has 1 nitrogen and oxygen atoms in total. The van der Waals surface area contributed by atoms with Crippen LogP contribution in [0, 0.1) is 11.8 Å². The lowest BCUT2D eigenvalue weighted by Crippen LogP contribution is -2.40. The molecule has 0 aromatic carbocycles. The molecule has 1 aliphatic heterocycles. The predicted octanol–water partition coefficient (Wildman–Crippen LogP) is 1.98. The van der Waals surface area contributed by atoms with Crippen molar-refractivity contribution in [2.45, 2.75) is 31.4 Å². The van der Waals surface area contributed by atoms with Crippen LogP contribution in [0.5, 0.6) is 0 Å². The van der Waals surface area contributed by atoms with E-state index in [4.69, 9.17) is 0 Å². The molecule has 0 aromatic rings. The van der Waals surface area contributed by atoms with Crippen molar-refractivity contribution in [3.63, 3.8) is 0 Å². The van der Waals surface area contributed by atoms with Crippen LogP contribution in [-0.4, -0.2) is 25.2 Å². The molecule has 4 heteroatoms. The zero-order valence-corrected chi connectivity index (χ0v) is 7.40. The van der Waals surface area contributed by atoms with Crippen molar-refractivity contribution in [1.82, 2.24) is 5.32 Å². The Labute approximate surface area is 75.7 Å². The van der Waals surface area contributed by atoms with Gasteiger partial charge < -0.3 is 5.32 Å². The third-order valence-corrected chi connectivity index (χ3v) is 3.40.